The molecular weight excluding hydrogens is 448 g/mol. The van der Waals surface area contributed by atoms with E-state index >= 15 is 0 Å². The molecule has 0 saturated carbocycles. The Balaban J connectivity index is 1.84. The molecule has 0 aliphatic carbocycles. The lowest BCUT2D eigenvalue weighted by atomic mass is 10.0. The molecule has 0 aliphatic rings. The predicted octanol–water partition coefficient (Wildman–Crippen LogP) is 3.69. The third-order valence-electron chi connectivity index (χ3n) is 6.33. The maximum atomic E-state index is 13.5. The lowest BCUT2D eigenvalue weighted by Crippen LogP contribution is -2.26. The second kappa shape index (κ2) is 8.25. The van der Waals surface area contributed by atoms with Gasteiger partial charge in [0.2, 0.25) is 0 Å². The Hall–Kier alpha value is -3.71. The van der Waals surface area contributed by atoms with E-state index in [0.717, 1.165) is 28.5 Å². The van der Waals surface area contributed by atoms with E-state index < -0.39 is 22.2 Å². The molecule has 0 aliphatic heterocycles. The topological polar surface area (TPSA) is 78.1 Å². The second-order valence-electron chi connectivity index (χ2n) is 8.38. The maximum Gasteiger partial charge on any atom is 0.266 e. The number of thiol groups is 1. The van der Waals surface area contributed by atoms with Gasteiger partial charge in [-0.05, 0) is 60.4 Å². The molecule has 0 amide bonds. The minimum absolute atomic E-state index is 0.124. The molecule has 0 spiro atoms. The first-order valence-electron chi connectivity index (χ1n) is 11.2. The molecule has 0 radical (unpaired) electrons. The summed E-state index contributed by atoms with van der Waals surface area (Å²) < 4.78 is 2.27. The number of hydrogen-bond donors (Lipinski definition) is 1. The van der Waals surface area contributed by atoms with Crippen LogP contribution in [0.4, 0.5) is 0 Å². The Morgan fingerprint density at radius 3 is 1.68 bits per heavy atom. The van der Waals surface area contributed by atoms with Crippen LogP contribution < -0.4 is 22.2 Å². The summed E-state index contributed by atoms with van der Waals surface area (Å²) in [6.45, 7) is 4.02. The summed E-state index contributed by atoms with van der Waals surface area (Å²) in [5, 5.41) is 0.537. The van der Waals surface area contributed by atoms with Crippen LogP contribution >= 0.6 is 12.6 Å². The van der Waals surface area contributed by atoms with Crippen molar-refractivity contribution < 1.29 is 0 Å². The highest BCUT2D eigenvalue weighted by Gasteiger charge is 2.22. The fourth-order valence-electron chi connectivity index (χ4n) is 4.70. The van der Waals surface area contributed by atoms with E-state index in [0.29, 0.717) is 22.7 Å². The van der Waals surface area contributed by atoms with Gasteiger partial charge < -0.3 is 0 Å². The number of benzene rings is 3. The highest BCUT2D eigenvalue weighted by atomic mass is 32.1. The molecule has 2 heterocycles. The van der Waals surface area contributed by atoms with Gasteiger partial charge in [0, 0.05) is 4.90 Å². The maximum absolute atomic E-state index is 13.5. The van der Waals surface area contributed by atoms with Crippen molar-refractivity contribution in [2.24, 2.45) is 0 Å². The number of aryl methyl sites for hydroxylation is 2. The fraction of sp³-hybridized carbons (Fsp3) is 0.185. The SMILES string of the molecule is CCCc1cccc(CC)c1-n1c(=O)c2cc3c(=O)n(-c4ccc(S)cc4)c(=O)c3cc2c1=O. The standard InChI is InChI=1S/C27H22N2O4S/c1-3-6-16-8-5-7-15(4-2)23(16)29-26(32)21-13-19-20(14-22(21)27(29)33)25(31)28(24(19)30)17-9-11-18(34)12-10-17/h5,7-14,34H,3-4,6H2,1-2H3. The zero-order valence-corrected chi connectivity index (χ0v) is 19.7. The molecule has 6 nitrogen and oxygen atoms in total. The quantitative estimate of drug-likeness (QED) is 0.398. The van der Waals surface area contributed by atoms with Crippen LogP contribution in [0.25, 0.3) is 32.9 Å². The zero-order chi connectivity index (χ0) is 24.1. The fourth-order valence-corrected chi connectivity index (χ4v) is 4.85. The molecule has 0 atom stereocenters. The first-order chi connectivity index (χ1) is 16.4. The first-order valence-corrected chi connectivity index (χ1v) is 11.7. The molecule has 34 heavy (non-hydrogen) atoms. The summed E-state index contributed by atoms with van der Waals surface area (Å²) in [5.74, 6) is 0. The van der Waals surface area contributed by atoms with Crippen molar-refractivity contribution in [3.8, 4) is 11.4 Å². The van der Waals surface area contributed by atoms with Gasteiger partial charge in [-0.3, -0.25) is 19.2 Å². The minimum atomic E-state index is -0.519. The average molecular weight is 471 g/mol. The minimum Gasteiger partial charge on any atom is -0.268 e. The van der Waals surface area contributed by atoms with Crippen LogP contribution in [0, 0.1) is 0 Å². The zero-order valence-electron chi connectivity index (χ0n) is 18.8. The van der Waals surface area contributed by atoms with E-state index in [1.807, 2.05) is 32.0 Å². The largest absolute Gasteiger partial charge is 0.268 e. The molecule has 0 N–H and O–H groups in total. The Labute approximate surface area is 199 Å². The first kappa shape index (κ1) is 22.1. The Morgan fingerprint density at radius 2 is 1.18 bits per heavy atom. The summed E-state index contributed by atoms with van der Waals surface area (Å²) in [5.41, 5.74) is 0.865. The molecule has 0 fully saturated rings. The molecule has 7 heteroatoms. The van der Waals surface area contributed by atoms with Gasteiger partial charge in [0.05, 0.1) is 32.9 Å². The van der Waals surface area contributed by atoms with Gasteiger partial charge in [-0.2, -0.15) is 0 Å². The monoisotopic (exact) mass is 470 g/mol. The van der Waals surface area contributed by atoms with Gasteiger partial charge in [-0.1, -0.05) is 38.5 Å². The van der Waals surface area contributed by atoms with Crippen LogP contribution in [0.1, 0.15) is 31.4 Å². The van der Waals surface area contributed by atoms with Crippen LogP contribution in [-0.2, 0) is 12.8 Å². The number of nitrogens with zero attached hydrogens (tertiary/aromatic N) is 2. The number of para-hydroxylation sites is 1. The third-order valence-corrected chi connectivity index (χ3v) is 6.62. The van der Waals surface area contributed by atoms with Crippen LogP contribution in [-0.4, -0.2) is 9.13 Å². The van der Waals surface area contributed by atoms with E-state index in [-0.39, 0.29) is 21.5 Å². The Morgan fingerprint density at radius 1 is 0.676 bits per heavy atom. The van der Waals surface area contributed by atoms with Crippen molar-refractivity contribution in [1.82, 2.24) is 9.13 Å². The lowest BCUT2D eigenvalue weighted by Gasteiger charge is -2.13. The summed E-state index contributed by atoms with van der Waals surface area (Å²) in [7, 11) is 0. The van der Waals surface area contributed by atoms with Gasteiger partial charge in [-0.25, -0.2) is 9.13 Å². The van der Waals surface area contributed by atoms with E-state index in [4.69, 9.17) is 0 Å². The number of rotatable bonds is 5. The average Bonchev–Trinajstić information content (AvgIpc) is 3.22. The summed E-state index contributed by atoms with van der Waals surface area (Å²) in [4.78, 5) is 54.0. The Kier molecular flexibility index (Phi) is 5.37. The van der Waals surface area contributed by atoms with Gasteiger partial charge in [0.15, 0.2) is 0 Å². The van der Waals surface area contributed by atoms with Gasteiger partial charge in [0.1, 0.15) is 0 Å². The van der Waals surface area contributed by atoms with Crippen molar-refractivity contribution >= 4 is 34.2 Å². The van der Waals surface area contributed by atoms with Crippen LogP contribution in [0.5, 0.6) is 0 Å². The Bertz CT molecular complexity index is 1710. The van der Waals surface area contributed by atoms with E-state index in [9.17, 15) is 19.2 Å². The molecule has 0 bridgehead atoms. The van der Waals surface area contributed by atoms with E-state index in [2.05, 4.69) is 12.6 Å². The van der Waals surface area contributed by atoms with Crippen LogP contribution in [0.3, 0.4) is 0 Å². The van der Waals surface area contributed by atoms with Crippen molar-refractivity contribution in [3.63, 3.8) is 0 Å². The van der Waals surface area contributed by atoms with Crippen LogP contribution in [0.2, 0.25) is 0 Å². The molecule has 2 aromatic heterocycles. The van der Waals surface area contributed by atoms with E-state index in [1.165, 1.54) is 16.7 Å². The molecular formula is C27H22N2O4S. The predicted molar refractivity (Wildman–Crippen MR) is 138 cm³/mol. The number of aromatic nitrogens is 2. The highest BCUT2D eigenvalue weighted by molar-refractivity contribution is 7.80. The van der Waals surface area contributed by atoms with Gasteiger partial charge >= 0.3 is 0 Å². The van der Waals surface area contributed by atoms with Crippen molar-refractivity contribution in [1.29, 1.82) is 0 Å². The smallest absolute Gasteiger partial charge is 0.266 e. The second-order valence-corrected chi connectivity index (χ2v) is 8.90. The molecule has 170 valence electrons. The normalized spacial score (nSPS) is 11.6. The molecule has 0 saturated heterocycles. The summed E-state index contributed by atoms with van der Waals surface area (Å²) >= 11 is 4.24. The molecule has 0 unspecified atom stereocenters. The van der Waals surface area contributed by atoms with E-state index in [1.54, 1.807) is 24.3 Å². The van der Waals surface area contributed by atoms with Crippen molar-refractivity contribution in [2.45, 2.75) is 38.0 Å². The third kappa shape index (κ3) is 3.19. The summed E-state index contributed by atoms with van der Waals surface area (Å²) in [6, 6.07) is 15.2. The number of hydrogen-bond acceptors (Lipinski definition) is 5. The molecule has 5 aromatic rings. The van der Waals surface area contributed by atoms with Crippen molar-refractivity contribution in [3.05, 3.63) is 107 Å². The molecule has 3 aromatic carbocycles. The summed E-state index contributed by atoms with van der Waals surface area (Å²) in [6.07, 6.45) is 2.25. The highest BCUT2D eigenvalue weighted by Crippen LogP contribution is 2.23. The van der Waals surface area contributed by atoms with Crippen molar-refractivity contribution in [2.75, 3.05) is 0 Å². The number of fused-ring (bicyclic) bond motifs is 2. The van der Waals surface area contributed by atoms with Crippen LogP contribution in [0.15, 0.2) is 78.7 Å². The lowest BCUT2D eigenvalue weighted by molar-refractivity contribution is 0.872. The van der Waals surface area contributed by atoms with Gasteiger partial charge in [0.25, 0.3) is 22.2 Å². The molecule has 5 rings (SSSR count). The van der Waals surface area contributed by atoms with Gasteiger partial charge in [-0.15, -0.1) is 12.6 Å².